The van der Waals surface area contributed by atoms with E-state index < -0.39 is 17.1 Å². The fraction of sp³-hybridized carbons (Fsp3) is 0.500. The van der Waals surface area contributed by atoms with Gasteiger partial charge in [0.1, 0.15) is 17.6 Å². The number of ether oxygens (including phenoxy) is 1. The maximum atomic E-state index is 11.6. The molecule has 0 saturated heterocycles. The van der Waals surface area contributed by atoms with Gasteiger partial charge in [-0.25, -0.2) is 4.79 Å². The normalized spacial score (nSPS) is 14.1. The molecule has 5 heteroatoms. The first-order chi connectivity index (χ1) is 9.63. The predicted octanol–water partition coefficient (Wildman–Crippen LogP) is 2.66. The monoisotopic (exact) mass is 293 g/mol. The summed E-state index contributed by atoms with van der Waals surface area (Å²) in [4.78, 5) is 23.0. The SMILES string of the molecule is CC(C=O)(CNC(=O)OC(C)(C)C)Cc1cccc(O)c1. The van der Waals surface area contributed by atoms with Crippen LogP contribution in [0.15, 0.2) is 24.3 Å². The number of hydrogen-bond donors (Lipinski definition) is 2. The Bertz CT molecular complexity index is 507. The highest BCUT2D eigenvalue weighted by Crippen LogP contribution is 2.22. The summed E-state index contributed by atoms with van der Waals surface area (Å²) in [5.41, 5.74) is -0.506. The molecular formula is C16H23NO4. The van der Waals surface area contributed by atoms with E-state index in [2.05, 4.69) is 5.32 Å². The van der Waals surface area contributed by atoms with Gasteiger partial charge in [0.15, 0.2) is 0 Å². The maximum absolute atomic E-state index is 11.6. The van der Waals surface area contributed by atoms with E-state index in [1.54, 1.807) is 45.9 Å². The van der Waals surface area contributed by atoms with Crippen LogP contribution in [-0.2, 0) is 16.0 Å². The second-order valence-corrected chi connectivity index (χ2v) is 6.47. The maximum Gasteiger partial charge on any atom is 0.407 e. The van der Waals surface area contributed by atoms with Gasteiger partial charge in [-0.3, -0.25) is 0 Å². The van der Waals surface area contributed by atoms with E-state index in [0.717, 1.165) is 11.8 Å². The molecule has 21 heavy (non-hydrogen) atoms. The molecule has 0 spiro atoms. The molecular weight excluding hydrogens is 270 g/mol. The first-order valence-electron chi connectivity index (χ1n) is 6.85. The lowest BCUT2D eigenvalue weighted by atomic mass is 9.85. The van der Waals surface area contributed by atoms with E-state index in [4.69, 9.17) is 4.74 Å². The summed E-state index contributed by atoms with van der Waals surface area (Å²) in [7, 11) is 0. The van der Waals surface area contributed by atoms with Crippen LogP contribution in [0, 0.1) is 5.41 Å². The molecule has 0 heterocycles. The second kappa shape index (κ2) is 6.61. The Morgan fingerprint density at radius 3 is 2.52 bits per heavy atom. The van der Waals surface area contributed by atoms with Crippen LogP contribution in [-0.4, -0.2) is 29.6 Å². The van der Waals surface area contributed by atoms with Crippen LogP contribution in [0.3, 0.4) is 0 Å². The van der Waals surface area contributed by atoms with Crippen LogP contribution in [0.25, 0.3) is 0 Å². The molecule has 0 aliphatic rings. The van der Waals surface area contributed by atoms with E-state index in [-0.39, 0.29) is 12.3 Å². The van der Waals surface area contributed by atoms with Crippen LogP contribution >= 0.6 is 0 Å². The summed E-state index contributed by atoms with van der Waals surface area (Å²) < 4.78 is 5.14. The van der Waals surface area contributed by atoms with Gasteiger partial charge in [0, 0.05) is 12.0 Å². The molecule has 0 aliphatic heterocycles. The smallest absolute Gasteiger partial charge is 0.407 e. The average Bonchev–Trinajstić information content (AvgIpc) is 2.34. The van der Waals surface area contributed by atoms with Crippen molar-refractivity contribution in [2.24, 2.45) is 5.41 Å². The number of hydrogen-bond acceptors (Lipinski definition) is 4. The van der Waals surface area contributed by atoms with Gasteiger partial charge in [-0.15, -0.1) is 0 Å². The molecule has 1 amide bonds. The zero-order valence-electron chi connectivity index (χ0n) is 13.0. The van der Waals surface area contributed by atoms with E-state index >= 15 is 0 Å². The number of phenolic OH excluding ortho intramolecular Hbond substituents is 1. The zero-order chi connectivity index (χ0) is 16.1. The predicted molar refractivity (Wildman–Crippen MR) is 80.2 cm³/mol. The van der Waals surface area contributed by atoms with Crippen molar-refractivity contribution >= 4 is 12.4 Å². The Labute approximate surface area is 125 Å². The quantitative estimate of drug-likeness (QED) is 0.818. The fourth-order valence-electron chi connectivity index (χ4n) is 1.87. The highest BCUT2D eigenvalue weighted by atomic mass is 16.6. The van der Waals surface area contributed by atoms with Gasteiger partial charge in [0.25, 0.3) is 0 Å². The Hall–Kier alpha value is -2.04. The van der Waals surface area contributed by atoms with E-state index in [0.29, 0.717) is 6.42 Å². The van der Waals surface area contributed by atoms with Crippen molar-refractivity contribution in [1.29, 1.82) is 0 Å². The molecule has 1 unspecified atom stereocenters. The minimum atomic E-state index is -0.759. The Morgan fingerprint density at radius 1 is 1.33 bits per heavy atom. The first kappa shape index (κ1) is 17.0. The largest absolute Gasteiger partial charge is 0.508 e. The Kier molecular flexibility index (Phi) is 5.35. The minimum absolute atomic E-state index is 0.154. The lowest BCUT2D eigenvalue weighted by Gasteiger charge is -2.25. The summed E-state index contributed by atoms with van der Waals surface area (Å²) in [5.74, 6) is 0.154. The molecule has 0 saturated carbocycles. The van der Waals surface area contributed by atoms with Gasteiger partial charge in [-0.05, 0) is 44.9 Å². The zero-order valence-corrected chi connectivity index (χ0v) is 13.0. The number of aromatic hydroxyl groups is 1. The minimum Gasteiger partial charge on any atom is -0.508 e. The molecule has 2 N–H and O–H groups in total. The fourth-order valence-corrected chi connectivity index (χ4v) is 1.87. The molecule has 0 aliphatic carbocycles. The highest BCUT2D eigenvalue weighted by Gasteiger charge is 2.26. The van der Waals surface area contributed by atoms with Crippen LogP contribution in [0.5, 0.6) is 5.75 Å². The first-order valence-corrected chi connectivity index (χ1v) is 6.85. The molecule has 116 valence electrons. The number of benzene rings is 1. The summed E-state index contributed by atoms with van der Waals surface area (Å²) in [6, 6.07) is 6.72. The summed E-state index contributed by atoms with van der Waals surface area (Å²) in [5, 5.41) is 12.1. The molecule has 5 nitrogen and oxygen atoms in total. The van der Waals surface area contributed by atoms with Crippen molar-refractivity contribution in [3.8, 4) is 5.75 Å². The molecule has 1 rings (SSSR count). The van der Waals surface area contributed by atoms with Gasteiger partial charge in [-0.1, -0.05) is 19.1 Å². The van der Waals surface area contributed by atoms with Gasteiger partial charge in [0.05, 0.1) is 0 Å². The molecule has 1 aromatic rings. The van der Waals surface area contributed by atoms with Gasteiger partial charge in [-0.2, -0.15) is 0 Å². The van der Waals surface area contributed by atoms with Crippen molar-refractivity contribution in [1.82, 2.24) is 5.32 Å². The summed E-state index contributed by atoms with van der Waals surface area (Å²) >= 11 is 0. The van der Waals surface area contributed by atoms with Crippen molar-refractivity contribution in [3.05, 3.63) is 29.8 Å². The number of carbonyl (C=O) groups is 2. The van der Waals surface area contributed by atoms with Crippen LogP contribution < -0.4 is 5.32 Å². The summed E-state index contributed by atoms with van der Waals surface area (Å²) in [6.07, 6.45) is 0.682. The third kappa shape index (κ3) is 6.29. The third-order valence-corrected chi connectivity index (χ3v) is 2.84. The molecule has 0 radical (unpaired) electrons. The van der Waals surface area contributed by atoms with E-state index in [1.165, 1.54) is 0 Å². The number of rotatable bonds is 5. The number of phenols is 1. The molecule has 0 bridgehead atoms. The van der Waals surface area contributed by atoms with Gasteiger partial charge < -0.3 is 20.0 Å². The van der Waals surface area contributed by atoms with Crippen LogP contribution in [0.2, 0.25) is 0 Å². The Morgan fingerprint density at radius 2 is 2.00 bits per heavy atom. The number of carbonyl (C=O) groups excluding carboxylic acids is 2. The Balaban J connectivity index is 2.64. The highest BCUT2D eigenvalue weighted by molar-refractivity contribution is 5.69. The second-order valence-electron chi connectivity index (χ2n) is 6.47. The average molecular weight is 293 g/mol. The van der Waals surface area contributed by atoms with E-state index in [9.17, 15) is 14.7 Å². The van der Waals surface area contributed by atoms with Crippen molar-refractivity contribution in [2.45, 2.75) is 39.7 Å². The topological polar surface area (TPSA) is 75.6 Å². The third-order valence-electron chi connectivity index (χ3n) is 2.84. The van der Waals surface area contributed by atoms with Crippen molar-refractivity contribution in [3.63, 3.8) is 0 Å². The molecule has 1 aromatic carbocycles. The molecule has 1 atom stereocenters. The van der Waals surface area contributed by atoms with Crippen molar-refractivity contribution in [2.75, 3.05) is 6.54 Å². The van der Waals surface area contributed by atoms with Crippen molar-refractivity contribution < 1.29 is 19.4 Å². The standard InChI is InChI=1S/C16H23NO4/c1-15(2,3)21-14(20)17-10-16(4,11-18)9-12-6-5-7-13(19)8-12/h5-8,11,19H,9-10H2,1-4H3,(H,17,20). The van der Waals surface area contributed by atoms with E-state index in [1.807, 2.05) is 6.07 Å². The van der Waals surface area contributed by atoms with Gasteiger partial charge >= 0.3 is 6.09 Å². The number of aldehydes is 1. The number of amides is 1. The number of alkyl carbamates (subject to hydrolysis) is 1. The lowest BCUT2D eigenvalue weighted by molar-refractivity contribution is -0.115. The number of nitrogens with one attached hydrogen (secondary N) is 1. The molecule has 0 aromatic heterocycles. The molecule has 0 fully saturated rings. The lowest BCUT2D eigenvalue weighted by Crippen LogP contribution is -2.40. The van der Waals surface area contributed by atoms with Gasteiger partial charge in [0.2, 0.25) is 0 Å². The van der Waals surface area contributed by atoms with Crippen LogP contribution in [0.4, 0.5) is 4.79 Å². The summed E-state index contributed by atoms with van der Waals surface area (Å²) in [6.45, 7) is 7.25. The van der Waals surface area contributed by atoms with Crippen LogP contribution in [0.1, 0.15) is 33.3 Å².